The molecule has 9 heavy (non-hydrogen) atoms. The molecule has 5 heteroatoms. The molecule has 3 N–H and O–H groups in total. The van der Waals surface area contributed by atoms with Crippen molar-refractivity contribution >= 4 is 18.0 Å². The van der Waals surface area contributed by atoms with Gasteiger partial charge in [-0.1, -0.05) is 0 Å². The zero-order valence-corrected chi connectivity index (χ0v) is 5.85. The first-order valence-corrected chi connectivity index (χ1v) is 3.47. The lowest BCUT2D eigenvalue weighted by molar-refractivity contribution is -0.139. The van der Waals surface area contributed by atoms with Crippen molar-refractivity contribution in [2.24, 2.45) is 5.73 Å². The van der Waals surface area contributed by atoms with E-state index >= 15 is 0 Å². The van der Waals surface area contributed by atoms with Crippen LogP contribution in [0.4, 0.5) is 0 Å². The molecule has 0 aromatic rings. The van der Waals surface area contributed by atoms with Crippen LogP contribution in [-0.2, 0) is 8.98 Å². The number of rotatable bonds is 4. The number of nitrogens with two attached hydrogens (primary N) is 1. The topological polar surface area (TPSA) is 72.5 Å². The Labute approximate surface area is 57.6 Å². The van der Waals surface area contributed by atoms with Gasteiger partial charge in [0.15, 0.2) is 0 Å². The van der Waals surface area contributed by atoms with E-state index in [2.05, 4.69) is 4.18 Å². The van der Waals surface area contributed by atoms with Crippen LogP contribution in [0.2, 0.25) is 0 Å². The van der Waals surface area contributed by atoms with E-state index in [0.717, 1.165) is 12.0 Å². The summed E-state index contributed by atoms with van der Waals surface area (Å²) in [5.74, 6) is -1.04. The molecule has 4 nitrogen and oxygen atoms in total. The van der Waals surface area contributed by atoms with Crippen molar-refractivity contribution in [2.75, 3.05) is 12.9 Å². The Balaban J connectivity index is 3.27. The number of hydrogen-bond donors (Lipinski definition) is 2. The first kappa shape index (κ1) is 8.74. The van der Waals surface area contributed by atoms with Crippen LogP contribution in [0.3, 0.4) is 0 Å². The van der Waals surface area contributed by atoms with Crippen LogP contribution < -0.4 is 5.73 Å². The van der Waals surface area contributed by atoms with Crippen LogP contribution in [-0.4, -0.2) is 30.0 Å². The van der Waals surface area contributed by atoms with Crippen LogP contribution in [0.1, 0.15) is 0 Å². The van der Waals surface area contributed by atoms with Crippen LogP contribution in [0, 0.1) is 0 Å². The highest BCUT2D eigenvalue weighted by atomic mass is 32.2. The lowest BCUT2D eigenvalue weighted by atomic mass is 10.3. The maximum atomic E-state index is 9.99. The summed E-state index contributed by atoms with van der Waals surface area (Å²) >= 11 is 1.10. The Morgan fingerprint density at radius 2 is 2.56 bits per heavy atom. The number of carboxylic acids is 1. The molecule has 0 fully saturated rings. The number of carboxylic acid groups (broad SMARTS) is 1. The van der Waals surface area contributed by atoms with Gasteiger partial charge < -0.3 is 15.0 Å². The van der Waals surface area contributed by atoms with Gasteiger partial charge in [-0.15, -0.1) is 0 Å². The third-order valence-corrected chi connectivity index (χ3v) is 1.05. The van der Waals surface area contributed by atoms with Crippen LogP contribution in [0.25, 0.3) is 0 Å². The fourth-order valence-electron chi connectivity index (χ4n) is 0.213. The van der Waals surface area contributed by atoms with Gasteiger partial charge in [0.1, 0.15) is 6.04 Å². The van der Waals surface area contributed by atoms with Gasteiger partial charge in [-0.2, -0.15) is 0 Å². The summed E-state index contributed by atoms with van der Waals surface area (Å²) < 4.78 is 4.67. The monoisotopic (exact) mass is 151 g/mol. The van der Waals surface area contributed by atoms with E-state index in [-0.39, 0.29) is 6.61 Å². The minimum absolute atomic E-state index is 0.0521. The van der Waals surface area contributed by atoms with E-state index in [1.807, 2.05) is 0 Å². The Hall–Kier alpha value is -0.260. The van der Waals surface area contributed by atoms with Crippen molar-refractivity contribution in [1.82, 2.24) is 0 Å². The molecule has 0 unspecified atom stereocenters. The molecule has 0 saturated carbocycles. The zero-order chi connectivity index (χ0) is 7.28. The summed E-state index contributed by atoms with van der Waals surface area (Å²) in [6.45, 7) is 0.0521. The summed E-state index contributed by atoms with van der Waals surface area (Å²) in [5, 5.41) is 8.19. The molecular formula is C4H9NO3S. The van der Waals surface area contributed by atoms with Crippen molar-refractivity contribution in [1.29, 1.82) is 0 Å². The van der Waals surface area contributed by atoms with Crippen LogP contribution in [0.15, 0.2) is 0 Å². The molecule has 0 radical (unpaired) electrons. The smallest absolute Gasteiger partial charge is 0.322 e. The first-order valence-electron chi connectivity index (χ1n) is 2.32. The van der Waals surface area contributed by atoms with Gasteiger partial charge in [0.2, 0.25) is 0 Å². The molecule has 54 valence electrons. The predicted octanol–water partition coefficient (Wildman–Crippen LogP) is -0.307. The average Bonchev–Trinajstić information content (AvgIpc) is 1.82. The molecule has 0 aliphatic heterocycles. The van der Waals surface area contributed by atoms with E-state index in [0.29, 0.717) is 0 Å². The Kier molecular flexibility index (Phi) is 4.47. The van der Waals surface area contributed by atoms with Crippen LogP contribution >= 0.6 is 12.0 Å². The van der Waals surface area contributed by atoms with Gasteiger partial charge in [-0.25, -0.2) is 0 Å². The molecule has 0 aliphatic rings. The second kappa shape index (κ2) is 4.60. The number of hydrogen-bond acceptors (Lipinski definition) is 4. The molecule has 0 heterocycles. The molecular weight excluding hydrogens is 142 g/mol. The highest BCUT2D eigenvalue weighted by molar-refractivity contribution is 7.93. The largest absolute Gasteiger partial charge is 0.480 e. The van der Waals surface area contributed by atoms with Gasteiger partial charge in [0.25, 0.3) is 0 Å². The number of carbonyl (C=O) groups is 1. The first-order chi connectivity index (χ1) is 4.18. The molecule has 0 rings (SSSR count). The standard InChI is InChI=1S/C4H9NO3S/c1-9-8-2-3(5)4(6)7/h3H,2,5H2,1H3,(H,6,7)/t3-/m0/s1. The maximum Gasteiger partial charge on any atom is 0.322 e. The van der Waals surface area contributed by atoms with Crippen molar-refractivity contribution in [2.45, 2.75) is 6.04 Å². The molecule has 0 aliphatic carbocycles. The van der Waals surface area contributed by atoms with E-state index in [9.17, 15) is 4.79 Å². The van der Waals surface area contributed by atoms with Crippen LogP contribution in [0.5, 0.6) is 0 Å². The van der Waals surface area contributed by atoms with E-state index in [4.69, 9.17) is 10.8 Å². The summed E-state index contributed by atoms with van der Waals surface area (Å²) in [6.07, 6.45) is 1.70. The van der Waals surface area contributed by atoms with Crippen molar-refractivity contribution < 1.29 is 14.1 Å². The highest BCUT2D eigenvalue weighted by Gasteiger charge is 2.10. The maximum absolute atomic E-state index is 9.99. The van der Waals surface area contributed by atoms with E-state index in [1.165, 1.54) is 0 Å². The molecule has 0 aromatic carbocycles. The van der Waals surface area contributed by atoms with Crippen molar-refractivity contribution in [3.05, 3.63) is 0 Å². The van der Waals surface area contributed by atoms with E-state index < -0.39 is 12.0 Å². The van der Waals surface area contributed by atoms with Gasteiger partial charge >= 0.3 is 5.97 Å². The molecule has 0 saturated heterocycles. The lowest BCUT2D eigenvalue weighted by Crippen LogP contribution is -2.34. The minimum atomic E-state index is -1.04. The molecule has 0 bridgehead atoms. The van der Waals surface area contributed by atoms with Gasteiger partial charge in [-0.3, -0.25) is 4.79 Å². The Morgan fingerprint density at radius 1 is 2.00 bits per heavy atom. The summed E-state index contributed by atoms with van der Waals surface area (Å²) in [7, 11) is 0. The number of aliphatic carboxylic acids is 1. The van der Waals surface area contributed by atoms with Crippen molar-refractivity contribution in [3.8, 4) is 0 Å². The molecule has 0 amide bonds. The molecule has 0 aromatic heterocycles. The van der Waals surface area contributed by atoms with Gasteiger partial charge in [-0.05, 0) is 12.0 Å². The lowest BCUT2D eigenvalue weighted by Gasteiger charge is -2.02. The highest BCUT2D eigenvalue weighted by Crippen LogP contribution is 1.94. The van der Waals surface area contributed by atoms with Gasteiger partial charge in [0, 0.05) is 6.26 Å². The molecule has 0 spiro atoms. The Morgan fingerprint density at radius 3 is 2.89 bits per heavy atom. The second-order valence-corrected chi connectivity index (χ2v) is 1.96. The fourth-order valence-corrected chi connectivity index (χ4v) is 0.495. The normalized spacial score (nSPS) is 13.1. The second-order valence-electron chi connectivity index (χ2n) is 1.40. The fraction of sp³-hybridized carbons (Fsp3) is 0.750. The SMILES string of the molecule is CSOC[C@H](N)C(=O)O. The third-order valence-electron chi connectivity index (χ3n) is 0.683. The molecule has 1 atom stereocenters. The summed E-state index contributed by atoms with van der Waals surface area (Å²) in [4.78, 5) is 9.99. The third kappa shape index (κ3) is 4.26. The summed E-state index contributed by atoms with van der Waals surface area (Å²) in [6, 6.07) is -0.905. The quantitative estimate of drug-likeness (QED) is 0.539. The predicted molar refractivity (Wildman–Crippen MR) is 35.1 cm³/mol. The zero-order valence-electron chi connectivity index (χ0n) is 5.03. The van der Waals surface area contributed by atoms with E-state index in [1.54, 1.807) is 6.26 Å². The average molecular weight is 151 g/mol. The Bertz CT molecular complexity index is 97.8. The van der Waals surface area contributed by atoms with Gasteiger partial charge in [0.05, 0.1) is 6.61 Å². The summed E-state index contributed by atoms with van der Waals surface area (Å²) in [5.41, 5.74) is 5.06. The van der Waals surface area contributed by atoms with Crippen molar-refractivity contribution in [3.63, 3.8) is 0 Å². The minimum Gasteiger partial charge on any atom is -0.480 e.